The van der Waals surface area contributed by atoms with Crippen LogP contribution in [0, 0.1) is 0 Å². The highest BCUT2D eigenvalue weighted by atomic mass is 16.6. The van der Waals surface area contributed by atoms with Crippen molar-refractivity contribution in [2.75, 3.05) is 13.2 Å². The van der Waals surface area contributed by atoms with Crippen LogP contribution < -0.4 is 0 Å². The number of rotatable bonds is 8. The van der Waals surface area contributed by atoms with E-state index in [4.69, 9.17) is 14.2 Å². The quantitative estimate of drug-likeness (QED) is 0.410. The predicted molar refractivity (Wildman–Crippen MR) is 122 cm³/mol. The van der Waals surface area contributed by atoms with E-state index in [9.17, 15) is 9.59 Å². The van der Waals surface area contributed by atoms with Crippen molar-refractivity contribution in [2.24, 2.45) is 0 Å². The van der Waals surface area contributed by atoms with Crippen LogP contribution in [0.4, 0.5) is 4.79 Å². The van der Waals surface area contributed by atoms with E-state index in [2.05, 4.69) is 24.3 Å². The number of unbranched alkanes of at least 4 members (excludes halogenated alkanes) is 1. The molecule has 6 heteroatoms. The summed E-state index contributed by atoms with van der Waals surface area (Å²) in [6.45, 7) is 12.1. The number of hydrogen-bond acceptors (Lipinski definition) is 5. The van der Waals surface area contributed by atoms with Gasteiger partial charge < -0.3 is 14.2 Å². The average molecular weight is 432 g/mol. The third-order valence-corrected chi connectivity index (χ3v) is 5.03. The molecule has 2 rings (SSSR count). The molecule has 1 saturated heterocycles. The molecule has 0 bridgehead atoms. The number of esters is 1. The van der Waals surface area contributed by atoms with Crippen LogP contribution in [0.25, 0.3) is 6.08 Å². The molecule has 1 aromatic rings. The zero-order valence-electron chi connectivity index (χ0n) is 19.8. The van der Waals surface area contributed by atoms with Gasteiger partial charge in [0.25, 0.3) is 0 Å². The Labute approximate surface area is 186 Å². The lowest BCUT2D eigenvalue weighted by molar-refractivity contribution is -0.143. The lowest BCUT2D eigenvalue weighted by Crippen LogP contribution is -2.50. The first-order valence-electron chi connectivity index (χ1n) is 11.1. The molecule has 0 radical (unpaired) electrons. The molecule has 31 heavy (non-hydrogen) atoms. The highest BCUT2D eigenvalue weighted by molar-refractivity contribution is 5.70. The molecule has 1 aromatic carbocycles. The van der Waals surface area contributed by atoms with Crippen molar-refractivity contribution in [1.82, 2.24) is 4.90 Å². The minimum atomic E-state index is -0.717. The Bertz CT molecular complexity index is 778. The summed E-state index contributed by atoms with van der Waals surface area (Å²) in [7, 11) is 0. The van der Waals surface area contributed by atoms with E-state index in [-0.39, 0.29) is 18.1 Å². The maximum atomic E-state index is 12.9. The molecular weight excluding hydrogens is 394 g/mol. The number of amides is 1. The minimum Gasteiger partial charge on any atom is -0.466 e. The summed E-state index contributed by atoms with van der Waals surface area (Å²) in [6.07, 6.45) is 6.47. The Morgan fingerprint density at radius 3 is 2.65 bits per heavy atom. The van der Waals surface area contributed by atoms with Gasteiger partial charge in [0.2, 0.25) is 0 Å². The normalized spacial score (nSPS) is 18.4. The highest BCUT2D eigenvalue weighted by Crippen LogP contribution is 2.31. The largest absolute Gasteiger partial charge is 0.466 e. The molecule has 0 spiro atoms. The van der Waals surface area contributed by atoms with Crippen molar-refractivity contribution in [3.05, 3.63) is 41.5 Å². The van der Waals surface area contributed by atoms with Crippen molar-refractivity contribution in [1.29, 1.82) is 0 Å². The molecule has 1 aliphatic rings. The van der Waals surface area contributed by atoms with Crippen LogP contribution in [0.5, 0.6) is 0 Å². The van der Waals surface area contributed by atoms with Gasteiger partial charge in [-0.25, -0.2) is 4.79 Å². The van der Waals surface area contributed by atoms with E-state index in [0.717, 1.165) is 24.0 Å². The van der Waals surface area contributed by atoms with Gasteiger partial charge in [0.15, 0.2) is 0 Å². The monoisotopic (exact) mass is 431 g/mol. The molecule has 0 N–H and O–H groups in total. The maximum Gasteiger partial charge on any atom is 0.412 e. The Kier molecular flexibility index (Phi) is 8.69. The lowest BCUT2D eigenvalue weighted by atomic mass is 9.99. The van der Waals surface area contributed by atoms with Gasteiger partial charge in [-0.05, 0) is 71.9 Å². The van der Waals surface area contributed by atoms with Crippen LogP contribution in [0.1, 0.15) is 71.9 Å². The Morgan fingerprint density at radius 2 is 1.97 bits per heavy atom. The van der Waals surface area contributed by atoms with Gasteiger partial charge in [-0.1, -0.05) is 36.4 Å². The topological polar surface area (TPSA) is 65.1 Å². The number of carbonyl (C=O) groups excluding carboxylic acids is 2. The molecule has 1 heterocycles. The lowest BCUT2D eigenvalue weighted by Gasteiger charge is -2.35. The van der Waals surface area contributed by atoms with E-state index in [1.807, 2.05) is 53.7 Å². The summed E-state index contributed by atoms with van der Waals surface area (Å²) in [6, 6.07) is 8.05. The second kappa shape index (κ2) is 10.8. The highest BCUT2D eigenvalue weighted by Gasteiger charge is 2.45. The van der Waals surface area contributed by atoms with E-state index in [1.54, 1.807) is 4.90 Å². The number of nitrogens with zero attached hydrogens (tertiary/aromatic N) is 1. The third kappa shape index (κ3) is 7.69. The first kappa shape index (κ1) is 24.9. The second-order valence-corrected chi connectivity index (χ2v) is 9.26. The van der Waals surface area contributed by atoms with Gasteiger partial charge in [0.1, 0.15) is 11.3 Å². The second-order valence-electron chi connectivity index (χ2n) is 9.26. The maximum absolute atomic E-state index is 12.9. The van der Waals surface area contributed by atoms with Crippen LogP contribution in [-0.2, 0) is 25.4 Å². The molecule has 1 unspecified atom stereocenters. The van der Waals surface area contributed by atoms with Crippen molar-refractivity contribution < 1.29 is 23.8 Å². The predicted octanol–water partition coefficient (Wildman–Crippen LogP) is 5.35. The number of hydrogen-bond donors (Lipinski definition) is 0. The fourth-order valence-corrected chi connectivity index (χ4v) is 3.66. The van der Waals surface area contributed by atoms with E-state index in [0.29, 0.717) is 26.1 Å². The molecule has 1 fully saturated rings. The molecule has 0 aromatic heterocycles. The van der Waals surface area contributed by atoms with Gasteiger partial charge in [-0.2, -0.15) is 0 Å². The summed E-state index contributed by atoms with van der Waals surface area (Å²) in [5.74, 6) is -0.151. The molecule has 172 valence electrons. The average Bonchev–Trinajstić information content (AvgIpc) is 2.95. The first-order valence-corrected chi connectivity index (χ1v) is 11.1. The van der Waals surface area contributed by atoms with Crippen LogP contribution >= 0.6 is 0 Å². The molecule has 1 aliphatic heterocycles. The fourth-order valence-electron chi connectivity index (χ4n) is 3.66. The van der Waals surface area contributed by atoms with Crippen LogP contribution in [0.3, 0.4) is 0 Å². The third-order valence-electron chi connectivity index (χ3n) is 5.03. The van der Waals surface area contributed by atoms with Gasteiger partial charge in [-0.3, -0.25) is 9.69 Å². The first-order chi connectivity index (χ1) is 14.5. The smallest absolute Gasteiger partial charge is 0.412 e. The number of carbonyl (C=O) groups is 2. The molecule has 0 saturated carbocycles. The Hall–Kier alpha value is -2.34. The van der Waals surface area contributed by atoms with Crippen molar-refractivity contribution in [2.45, 2.75) is 84.6 Å². The van der Waals surface area contributed by atoms with E-state index >= 15 is 0 Å². The number of ether oxygens (including phenoxy) is 3. The standard InChI is InChI=1S/C25H37NO5/c1-7-29-22(27)16-10-8-9-13-19-14-11-12-15-20(19)17-21-18-30-25(5,6)26(21)23(28)31-24(2,3)4/h9,11-15,21H,7-8,10,16-18H2,1-6H3/b13-9-. The van der Waals surface area contributed by atoms with Crippen LogP contribution in [-0.4, -0.2) is 47.5 Å². The molecule has 1 amide bonds. The van der Waals surface area contributed by atoms with E-state index < -0.39 is 11.3 Å². The number of allylic oxidation sites excluding steroid dienone is 1. The molecule has 1 atom stereocenters. The summed E-state index contributed by atoms with van der Waals surface area (Å²) in [4.78, 5) is 26.0. The Morgan fingerprint density at radius 1 is 1.26 bits per heavy atom. The van der Waals surface area contributed by atoms with Crippen molar-refractivity contribution in [3.8, 4) is 0 Å². The van der Waals surface area contributed by atoms with Gasteiger partial charge in [0.05, 0.1) is 19.3 Å². The SMILES string of the molecule is CCOC(=O)CCC/C=C\c1ccccc1CC1COC(C)(C)N1C(=O)OC(C)(C)C. The van der Waals surface area contributed by atoms with Gasteiger partial charge in [0, 0.05) is 6.42 Å². The summed E-state index contributed by atoms with van der Waals surface area (Å²) < 4.78 is 16.5. The number of benzene rings is 1. The van der Waals surface area contributed by atoms with Crippen LogP contribution in [0.15, 0.2) is 30.3 Å². The molecule has 6 nitrogen and oxygen atoms in total. The zero-order chi connectivity index (χ0) is 23.1. The van der Waals surface area contributed by atoms with Gasteiger partial charge >= 0.3 is 12.1 Å². The summed E-state index contributed by atoms with van der Waals surface area (Å²) in [5, 5.41) is 0. The van der Waals surface area contributed by atoms with E-state index in [1.165, 1.54) is 0 Å². The summed E-state index contributed by atoms with van der Waals surface area (Å²) in [5.41, 5.74) is 0.964. The fraction of sp³-hybridized carbons (Fsp3) is 0.600. The van der Waals surface area contributed by atoms with Crippen molar-refractivity contribution in [3.63, 3.8) is 0 Å². The van der Waals surface area contributed by atoms with Crippen molar-refractivity contribution >= 4 is 18.1 Å². The van der Waals surface area contributed by atoms with Gasteiger partial charge in [-0.15, -0.1) is 0 Å². The minimum absolute atomic E-state index is 0.108. The zero-order valence-corrected chi connectivity index (χ0v) is 19.8. The summed E-state index contributed by atoms with van der Waals surface area (Å²) >= 11 is 0. The molecule has 0 aliphatic carbocycles. The van der Waals surface area contributed by atoms with Crippen LogP contribution in [0.2, 0.25) is 0 Å². The Balaban J connectivity index is 2.06. The molecular formula is C25H37NO5.